The molecule has 0 aliphatic carbocycles. The fourth-order valence-corrected chi connectivity index (χ4v) is 2.19. The van der Waals surface area contributed by atoms with Gasteiger partial charge in [-0.25, -0.2) is 0 Å². The first-order valence-corrected chi connectivity index (χ1v) is 7.49. The van der Waals surface area contributed by atoms with Crippen LogP contribution in [0, 0.1) is 0 Å². The lowest BCUT2D eigenvalue weighted by atomic mass is 10.2. The van der Waals surface area contributed by atoms with E-state index in [1.54, 1.807) is 0 Å². The Morgan fingerprint density at radius 2 is 2.09 bits per heavy atom. The molecule has 5 heteroatoms. The molecule has 1 aromatic carbocycles. The number of para-hydroxylation sites is 1. The molecule has 1 unspecified atom stereocenters. The summed E-state index contributed by atoms with van der Waals surface area (Å²) in [5.41, 5.74) is 1.05. The average Bonchev–Trinajstić information content (AvgIpc) is 2.79. The summed E-state index contributed by atoms with van der Waals surface area (Å²) in [5.74, 6) is 2.05. The minimum atomic E-state index is -0.102. The Balaban J connectivity index is 1.57. The highest BCUT2D eigenvalue weighted by molar-refractivity contribution is 5.31. The van der Waals surface area contributed by atoms with E-state index in [9.17, 15) is 0 Å². The Morgan fingerprint density at radius 3 is 2.95 bits per heavy atom. The zero-order valence-corrected chi connectivity index (χ0v) is 12.6. The van der Waals surface area contributed by atoms with E-state index in [1.807, 2.05) is 49.4 Å². The van der Waals surface area contributed by atoms with Crippen LogP contribution in [0.2, 0.25) is 0 Å². The molecule has 1 aliphatic rings. The van der Waals surface area contributed by atoms with Gasteiger partial charge >= 0.3 is 0 Å². The zero-order chi connectivity index (χ0) is 15.2. The topological polar surface area (TPSA) is 52.6 Å². The van der Waals surface area contributed by atoms with Gasteiger partial charge in [0, 0.05) is 24.7 Å². The van der Waals surface area contributed by atoms with Gasteiger partial charge in [0.15, 0.2) is 0 Å². The molecule has 0 amide bonds. The molecule has 0 fully saturated rings. The largest absolute Gasteiger partial charge is 0.490 e. The van der Waals surface area contributed by atoms with Gasteiger partial charge in [0.1, 0.15) is 25.1 Å². The molecule has 2 heterocycles. The number of nitrogens with zero attached hydrogens (tertiary/aromatic N) is 1. The molecule has 0 saturated carbocycles. The first-order chi connectivity index (χ1) is 10.8. The summed E-state index contributed by atoms with van der Waals surface area (Å²) in [6, 6.07) is 13.6. The second-order valence-electron chi connectivity index (χ2n) is 5.19. The smallest absolute Gasteiger partial charge is 0.221 e. The van der Waals surface area contributed by atoms with E-state index >= 15 is 0 Å². The third-order valence-electron chi connectivity index (χ3n) is 3.30. The van der Waals surface area contributed by atoms with Crippen LogP contribution in [0.1, 0.15) is 12.5 Å². The van der Waals surface area contributed by atoms with E-state index in [2.05, 4.69) is 10.3 Å². The Bertz CT molecular complexity index is 604. The predicted octanol–water partition coefficient (Wildman–Crippen LogP) is 2.41. The standard InChI is InChI=1S/C17H20N2O3/c1-13(12-21-15-5-3-2-4-6-15)22-16-8-7-14-11-18-9-10-20-17(14)19-16/h2-8,13,18H,9-12H2,1H3. The van der Waals surface area contributed by atoms with Gasteiger partial charge in [-0.05, 0) is 25.1 Å². The Morgan fingerprint density at radius 1 is 1.23 bits per heavy atom. The summed E-state index contributed by atoms with van der Waals surface area (Å²) in [6.07, 6.45) is -0.102. The number of fused-ring (bicyclic) bond motifs is 1. The predicted molar refractivity (Wildman–Crippen MR) is 83.5 cm³/mol. The van der Waals surface area contributed by atoms with Gasteiger partial charge in [-0.1, -0.05) is 18.2 Å². The van der Waals surface area contributed by atoms with Crippen LogP contribution in [0.15, 0.2) is 42.5 Å². The molecule has 116 valence electrons. The van der Waals surface area contributed by atoms with Crippen LogP contribution in [0.5, 0.6) is 17.5 Å². The van der Waals surface area contributed by atoms with Crippen molar-refractivity contribution >= 4 is 0 Å². The van der Waals surface area contributed by atoms with Gasteiger partial charge in [0.05, 0.1) is 0 Å². The van der Waals surface area contributed by atoms with Crippen molar-refractivity contribution in [1.29, 1.82) is 0 Å². The lowest BCUT2D eigenvalue weighted by Gasteiger charge is -2.16. The Hall–Kier alpha value is -2.27. The van der Waals surface area contributed by atoms with E-state index in [4.69, 9.17) is 14.2 Å². The maximum Gasteiger partial charge on any atom is 0.221 e. The van der Waals surface area contributed by atoms with Crippen molar-refractivity contribution in [1.82, 2.24) is 10.3 Å². The number of pyridine rings is 1. The van der Waals surface area contributed by atoms with Crippen LogP contribution >= 0.6 is 0 Å². The summed E-state index contributed by atoms with van der Waals surface area (Å²) < 4.78 is 17.1. The van der Waals surface area contributed by atoms with Crippen LogP contribution in [0.25, 0.3) is 0 Å². The Labute approximate surface area is 130 Å². The molecule has 1 aliphatic heterocycles. The summed E-state index contributed by atoms with van der Waals surface area (Å²) in [6.45, 7) is 4.64. The molecule has 5 nitrogen and oxygen atoms in total. The normalized spacial score (nSPS) is 15.1. The van der Waals surface area contributed by atoms with E-state index in [0.717, 1.165) is 24.4 Å². The summed E-state index contributed by atoms with van der Waals surface area (Å²) in [4.78, 5) is 4.43. The minimum Gasteiger partial charge on any atom is -0.490 e. The van der Waals surface area contributed by atoms with E-state index < -0.39 is 0 Å². The second-order valence-corrected chi connectivity index (χ2v) is 5.19. The van der Waals surface area contributed by atoms with Crippen molar-refractivity contribution in [3.63, 3.8) is 0 Å². The molecule has 2 aromatic rings. The quantitative estimate of drug-likeness (QED) is 0.919. The van der Waals surface area contributed by atoms with E-state index in [0.29, 0.717) is 25.0 Å². The molecule has 0 bridgehead atoms. The summed E-state index contributed by atoms with van der Waals surface area (Å²) >= 11 is 0. The van der Waals surface area contributed by atoms with Crippen LogP contribution in [0.4, 0.5) is 0 Å². The van der Waals surface area contributed by atoms with Gasteiger partial charge in [0.2, 0.25) is 11.8 Å². The number of nitrogens with one attached hydrogen (secondary N) is 1. The molecular weight excluding hydrogens is 280 g/mol. The molecule has 1 aromatic heterocycles. The highest BCUT2D eigenvalue weighted by Crippen LogP contribution is 2.22. The molecule has 22 heavy (non-hydrogen) atoms. The van der Waals surface area contributed by atoms with Crippen molar-refractivity contribution < 1.29 is 14.2 Å². The SMILES string of the molecule is CC(COc1ccccc1)Oc1ccc2c(n1)OCCNC2. The fraction of sp³-hybridized carbons (Fsp3) is 0.353. The van der Waals surface area contributed by atoms with E-state index in [1.165, 1.54) is 0 Å². The molecule has 3 rings (SSSR count). The van der Waals surface area contributed by atoms with Crippen LogP contribution < -0.4 is 19.5 Å². The number of benzene rings is 1. The average molecular weight is 300 g/mol. The fourth-order valence-electron chi connectivity index (χ4n) is 2.19. The highest BCUT2D eigenvalue weighted by atomic mass is 16.5. The van der Waals surface area contributed by atoms with Gasteiger partial charge < -0.3 is 19.5 Å². The molecule has 1 atom stereocenters. The summed E-state index contributed by atoms with van der Waals surface area (Å²) in [7, 11) is 0. The monoisotopic (exact) mass is 300 g/mol. The van der Waals surface area contributed by atoms with Gasteiger partial charge in [-0.2, -0.15) is 4.98 Å². The first-order valence-electron chi connectivity index (χ1n) is 7.49. The number of rotatable bonds is 5. The maximum absolute atomic E-state index is 5.81. The molecule has 0 saturated heterocycles. The molecule has 0 radical (unpaired) electrons. The Kier molecular flexibility index (Phi) is 4.75. The minimum absolute atomic E-state index is 0.102. The molecule has 0 spiro atoms. The third kappa shape index (κ3) is 3.89. The van der Waals surface area contributed by atoms with Crippen LogP contribution in [0.3, 0.4) is 0 Å². The maximum atomic E-state index is 5.81. The van der Waals surface area contributed by atoms with Gasteiger partial charge in [0.25, 0.3) is 0 Å². The molecular formula is C17H20N2O3. The van der Waals surface area contributed by atoms with Crippen LogP contribution in [-0.2, 0) is 6.54 Å². The number of hydrogen-bond acceptors (Lipinski definition) is 5. The lowest BCUT2D eigenvalue weighted by molar-refractivity contribution is 0.137. The number of hydrogen-bond donors (Lipinski definition) is 1. The van der Waals surface area contributed by atoms with Crippen molar-refractivity contribution in [2.75, 3.05) is 19.8 Å². The number of aromatic nitrogens is 1. The van der Waals surface area contributed by atoms with Crippen LogP contribution in [-0.4, -0.2) is 30.8 Å². The third-order valence-corrected chi connectivity index (χ3v) is 3.30. The van der Waals surface area contributed by atoms with Crippen molar-refractivity contribution in [2.24, 2.45) is 0 Å². The zero-order valence-electron chi connectivity index (χ0n) is 12.6. The van der Waals surface area contributed by atoms with Crippen molar-refractivity contribution in [3.05, 3.63) is 48.0 Å². The number of ether oxygens (including phenoxy) is 3. The van der Waals surface area contributed by atoms with Gasteiger partial charge in [-0.15, -0.1) is 0 Å². The first kappa shape index (κ1) is 14.7. The lowest BCUT2D eigenvalue weighted by Crippen LogP contribution is -2.21. The van der Waals surface area contributed by atoms with E-state index in [-0.39, 0.29) is 6.10 Å². The van der Waals surface area contributed by atoms with Crippen molar-refractivity contribution in [3.8, 4) is 17.5 Å². The van der Waals surface area contributed by atoms with Crippen molar-refractivity contribution in [2.45, 2.75) is 19.6 Å². The highest BCUT2D eigenvalue weighted by Gasteiger charge is 2.13. The second kappa shape index (κ2) is 7.13. The molecule has 1 N–H and O–H groups in total. The van der Waals surface area contributed by atoms with Gasteiger partial charge in [-0.3, -0.25) is 0 Å². The summed E-state index contributed by atoms with van der Waals surface area (Å²) in [5, 5.41) is 3.28.